The van der Waals surface area contributed by atoms with Gasteiger partial charge in [0.25, 0.3) is 11.2 Å². The molecule has 0 atom stereocenters. The first-order valence-electron chi connectivity index (χ1n) is 11.6. The van der Waals surface area contributed by atoms with Gasteiger partial charge in [0.1, 0.15) is 16.3 Å². The molecule has 196 valence electrons. The molecule has 7 nitrogen and oxygen atoms in total. The van der Waals surface area contributed by atoms with Gasteiger partial charge >= 0.3 is 6.18 Å². The molecule has 3 heterocycles. The Balaban J connectivity index is 1.34. The zero-order valence-corrected chi connectivity index (χ0v) is 20.2. The van der Waals surface area contributed by atoms with Gasteiger partial charge in [-0.15, -0.1) is 0 Å². The van der Waals surface area contributed by atoms with Crippen molar-refractivity contribution in [3.63, 3.8) is 0 Å². The normalized spacial score (nSPS) is 18.1. The largest absolute Gasteiger partial charge is 0.416 e. The van der Waals surface area contributed by atoms with Crippen LogP contribution in [0.4, 0.5) is 32.8 Å². The van der Waals surface area contributed by atoms with Crippen molar-refractivity contribution in [3.05, 3.63) is 73.6 Å². The molecule has 3 aromatic rings. The molecule has 0 N–H and O–H groups in total. The number of alkyl halides is 3. The molecule has 2 saturated heterocycles. The molecular formula is C24H21F5N4O3S. The van der Waals surface area contributed by atoms with Crippen LogP contribution in [0.5, 0.6) is 0 Å². The molecule has 1 aromatic heterocycles. The molecule has 2 aromatic carbocycles. The first kappa shape index (κ1) is 25.5. The maximum Gasteiger partial charge on any atom is 0.416 e. The van der Waals surface area contributed by atoms with Crippen LogP contribution in [0.25, 0.3) is 10.1 Å². The third-order valence-electron chi connectivity index (χ3n) is 7.27. The van der Waals surface area contributed by atoms with E-state index in [0.717, 1.165) is 17.8 Å². The Morgan fingerprint density at radius 2 is 1.73 bits per heavy atom. The van der Waals surface area contributed by atoms with Crippen molar-refractivity contribution in [2.75, 3.05) is 31.1 Å². The van der Waals surface area contributed by atoms with Crippen LogP contribution in [0, 0.1) is 27.2 Å². The molecule has 0 aliphatic carbocycles. The summed E-state index contributed by atoms with van der Waals surface area (Å²) in [4.78, 5) is 31.0. The first-order chi connectivity index (χ1) is 17.5. The molecular weight excluding hydrogens is 519 g/mol. The van der Waals surface area contributed by atoms with Gasteiger partial charge in [-0.05, 0) is 49.4 Å². The Morgan fingerprint density at radius 3 is 2.35 bits per heavy atom. The maximum absolute atomic E-state index is 14.1. The summed E-state index contributed by atoms with van der Waals surface area (Å²) in [6, 6.07) is 4.85. The highest BCUT2D eigenvalue weighted by Gasteiger charge is 2.41. The Hall–Kier alpha value is -3.19. The van der Waals surface area contributed by atoms with Crippen molar-refractivity contribution in [2.45, 2.75) is 32.0 Å². The minimum Gasteiger partial charge on any atom is -0.348 e. The number of hydrogen-bond acceptors (Lipinski definition) is 7. The van der Waals surface area contributed by atoms with Crippen LogP contribution in [0.1, 0.15) is 30.4 Å². The summed E-state index contributed by atoms with van der Waals surface area (Å²) in [6.07, 6.45) is -2.59. The van der Waals surface area contributed by atoms with E-state index in [2.05, 4.69) is 4.98 Å². The van der Waals surface area contributed by atoms with Crippen LogP contribution in [0.15, 0.2) is 35.1 Å². The predicted molar refractivity (Wildman–Crippen MR) is 128 cm³/mol. The van der Waals surface area contributed by atoms with Crippen molar-refractivity contribution in [1.82, 2.24) is 9.88 Å². The summed E-state index contributed by atoms with van der Waals surface area (Å²) in [6.45, 7) is 2.49. The van der Waals surface area contributed by atoms with Crippen molar-refractivity contribution in [2.24, 2.45) is 5.41 Å². The summed E-state index contributed by atoms with van der Waals surface area (Å²) < 4.78 is 67.6. The lowest BCUT2D eigenvalue weighted by Crippen LogP contribution is -2.42. The second kappa shape index (κ2) is 9.28. The molecule has 2 fully saturated rings. The van der Waals surface area contributed by atoms with Crippen LogP contribution >= 0.6 is 11.3 Å². The Labute approximate surface area is 211 Å². The SMILES string of the molecule is O=c1nc(N2CCC3(CCN(Cc4c(F)cccc4F)C3)CC2)sc2c([N+](=O)[O-])cc(C(F)(F)F)cc12. The summed E-state index contributed by atoms with van der Waals surface area (Å²) in [7, 11) is 0. The number of hydrogen-bond donors (Lipinski definition) is 0. The number of halogens is 5. The topological polar surface area (TPSA) is 79.6 Å². The number of rotatable bonds is 4. The molecule has 0 saturated carbocycles. The van der Waals surface area contributed by atoms with Crippen molar-refractivity contribution >= 4 is 32.2 Å². The fourth-order valence-electron chi connectivity index (χ4n) is 5.23. The number of nitro benzene ring substituents is 1. The van der Waals surface area contributed by atoms with Gasteiger partial charge < -0.3 is 4.90 Å². The molecule has 13 heteroatoms. The zero-order valence-electron chi connectivity index (χ0n) is 19.4. The molecule has 0 bridgehead atoms. The van der Waals surface area contributed by atoms with E-state index >= 15 is 0 Å². The molecule has 0 amide bonds. The Kier molecular flexibility index (Phi) is 6.39. The van der Waals surface area contributed by atoms with Crippen LogP contribution in [-0.2, 0) is 12.7 Å². The van der Waals surface area contributed by atoms with E-state index in [0.29, 0.717) is 51.2 Å². The lowest BCUT2D eigenvalue weighted by molar-refractivity contribution is -0.383. The smallest absolute Gasteiger partial charge is 0.348 e. The Bertz CT molecular complexity index is 1420. The Morgan fingerprint density at radius 1 is 1.08 bits per heavy atom. The zero-order chi connectivity index (χ0) is 26.5. The number of anilines is 1. The average molecular weight is 541 g/mol. The quantitative estimate of drug-likeness (QED) is 0.252. The fourth-order valence-corrected chi connectivity index (χ4v) is 6.34. The minimum atomic E-state index is -4.84. The number of nitrogens with zero attached hydrogens (tertiary/aromatic N) is 4. The van der Waals surface area contributed by atoms with Gasteiger partial charge in [-0.1, -0.05) is 17.4 Å². The molecule has 5 rings (SSSR count). The van der Waals surface area contributed by atoms with Gasteiger partial charge in [0.15, 0.2) is 5.13 Å². The number of nitro groups is 1. The molecule has 37 heavy (non-hydrogen) atoms. The molecule has 1 spiro atoms. The van der Waals surface area contributed by atoms with E-state index in [1.165, 1.54) is 18.2 Å². The van der Waals surface area contributed by atoms with Gasteiger partial charge in [0, 0.05) is 37.8 Å². The second-order valence-corrected chi connectivity index (χ2v) is 10.6. The van der Waals surface area contributed by atoms with Crippen LogP contribution in [0.3, 0.4) is 0 Å². The number of piperidine rings is 1. The molecule has 2 aliphatic heterocycles. The van der Waals surface area contributed by atoms with E-state index in [1.54, 1.807) is 0 Å². The minimum absolute atomic E-state index is 0.0393. The predicted octanol–water partition coefficient (Wildman–Crippen LogP) is 5.35. The summed E-state index contributed by atoms with van der Waals surface area (Å²) in [5.74, 6) is -1.16. The molecule has 2 aliphatic rings. The number of benzene rings is 2. The second-order valence-electron chi connectivity index (χ2n) is 9.58. The van der Waals surface area contributed by atoms with Gasteiger partial charge in [-0.2, -0.15) is 18.2 Å². The van der Waals surface area contributed by atoms with Gasteiger partial charge in [-0.25, -0.2) is 8.78 Å². The third kappa shape index (κ3) is 4.89. The fraction of sp³-hybridized carbons (Fsp3) is 0.417. The highest BCUT2D eigenvalue weighted by atomic mass is 32.1. The summed E-state index contributed by atoms with van der Waals surface area (Å²) in [5.41, 5.74) is -3.04. The molecule has 0 unspecified atom stereocenters. The number of non-ortho nitro benzene ring substituents is 1. The average Bonchev–Trinajstić information content (AvgIpc) is 3.22. The standard InChI is InChI=1S/C24H21F5N4O3S/c25-17-2-1-3-18(26)16(17)12-31-7-4-23(13-31)5-8-32(9-6-23)22-30-21(34)15-10-14(24(27,28)29)11-19(33(35)36)20(15)37-22/h1-3,10-11H,4-9,12-13H2. The highest BCUT2D eigenvalue weighted by Crippen LogP contribution is 2.43. The third-order valence-corrected chi connectivity index (χ3v) is 8.43. The molecule has 0 radical (unpaired) electrons. The summed E-state index contributed by atoms with van der Waals surface area (Å²) in [5, 5.41) is 11.3. The monoisotopic (exact) mass is 540 g/mol. The lowest BCUT2D eigenvalue weighted by Gasteiger charge is -2.39. The number of fused-ring (bicyclic) bond motifs is 1. The van der Waals surface area contributed by atoms with E-state index < -0.39 is 44.9 Å². The highest BCUT2D eigenvalue weighted by molar-refractivity contribution is 7.22. The van der Waals surface area contributed by atoms with E-state index in [4.69, 9.17) is 0 Å². The summed E-state index contributed by atoms with van der Waals surface area (Å²) >= 11 is 0.830. The van der Waals surface area contributed by atoms with Gasteiger partial charge in [0.2, 0.25) is 0 Å². The van der Waals surface area contributed by atoms with Crippen LogP contribution < -0.4 is 10.5 Å². The number of likely N-dealkylation sites (tertiary alicyclic amines) is 1. The van der Waals surface area contributed by atoms with Crippen molar-refractivity contribution in [1.29, 1.82) is 0 Å². The van der Waals surface area contributed by atoms with Crippen molar-refractivity contribution < 1.29 is 26.9 Å². The van der Waals surface area contributed by atoms with E-state index in [-0.39, 0.29) is 27.4 Å². The van der Waals surface area contributed by atoms with Crippen molar-refractivity contribution in [3.8, 4) is 0 Å². The maximum atomic E-state index is 14.1. The van der Waals surface area contributed by atoms with Crippen LogP contribution in [0.2, 0.25) is 0 Å². The van der Waals surface area contributed by atoms with E-state index in [1.807, 2.05) is 9.80 Å². The first-order valence-corrected chi connectivity index (χ1v) is 12.4. The van der Waals surface area contributed by atoms with Crippen LogP contribution in [-0.4, -0.2) is 41.0 Å². The van der Waals surface area contributed by atoms with Gasteiger partial charge in [-0.3, -0.25) is 19.8 Å². The van der Waals surface area contributed by atoms with E-state index in [9.17, 15) is 36.9 Å². The number of aromatic nitrogens is 1. The van der Waals surface area contributed by atoms with Gasteiger partial charge in [0.05, 0.1) is 15.9 Å². The lowest BCUT2D eigenvalue weighted by atomic mass is 9.78.